The third kappa shape index (κ3) is 3.78. The molecular formula is C17H15BrN4O2S. The van der Waals surface area contributed by atoms with Crippen molar-refractivity contribution in [2.24, 2.45) is 0 Å². The van der Waals surface area contributed by atoms with Crippen LogP contribution in [-0.2, 0) is 4.79 Å². The highest BCUT2D eigenvalue weighted by Crippen LogP contribution is 2.28. The second-order valence-corrected chi connectivity index (χ2v) is 7.27. The summed E-state index contributed by atoms with van der Waals surface area (Å²) in [6.07, 6.45) is 3.09. The van der Waals surface area contributed by atoms with Gasteiger partial charge in [0.2, 0.25) is 5.91 Å². The number of nitrogens with zero attached hydrogens (tertiary/aromatic N) is 3. The lowest BCUT2D eigenvalue weighted by atomic mass is 10.1. The van der Waals surface area contributed by atoms with E-state index in [1.165, 1.54) is 15.1 Å². The molecule has 1 saturated heterocycles. The number of hydrogen-bond acceptors (Lipinski definition) is 5. The zero-order valence-electron chi connectivity index (χ0n) is 13.2. The summed E-state index contributed by atoms with van der Waals surface area (Å²) in [5.41, 5.74) is 1.19. The standard InChI is InChI=1S/C17H15BrN4O2S/c18-25-12-3-4-15-14(8-12)13(5-6-20-15)17(24)21-10-16(23)22-7-1-2-11(22)9-19/h3-6,8,11H,1-2,7,10H2,(H,21,24). The summed E-state index contributed by atoms with van der Waals surface area (Å²) in [5.74, 6) is -0.558. The highest BCUT2D eigenvalue weighted by atomic mass is 79.9. The fourth-order valence-electron chi connectivity index (χ4n) is 2.92. The van der Waals surface area contributed by atoms with Crippen LogP contribution in [0.25, 0.3) is 10.9 Å². The summed E-state index contributed by atoms with van der Waals surface area (Å²) in [6, 6.07) is 9.02. The van der Waals surface area contributed by atoms with E-state index < -0.39 is 0 Å². The van der Waals surface area contributed by atoms with Gasteiger partial charge in [-0.3, -0.25) is 14.6 Å². The smallest absolute Gasteiger partial charge is 0.252 e. The van der Waals surface area contributed by atoms with Crippen molar-refractivity contribution >= 4 is 47.7 Å². The molecule has 1 aromatic heterocycles. The molecule has 2 aromatic rings. The van der Waals surface area contributed by atoms with Crippen molar-refractivity contribution in [3.8, 4) is 6.07 Å². The Morgan fingerprint density at radius 1 is 1.44 bits per heavy atom. The Morgan fingerprint density at radius 2 is 2.28 bits per heavy atom. The van der Waals surface area contributed by atoms with Crippen molar-refractivity contribution in [2.45, 2.75) is 23.8 Å². The molecule has 8 heteroatoms. The van der Waals surface area contributed by atoms with Gasteiger partial charge in [0, 0.05) is 23.0 Å². The number of aromatic nitrogens is 1. The number of nitrogens with one attached hydrogen (secondary N) is 1. The predicted octanol–water partition coefficient (Wildman–Crippen LogP) is 2.88. The van der Waals surface area contributed by atoms with Crippen molar-refractivity contribution < 1.29 is 9.59 Å². The van der Waals surface area contributed by atoms with Crippen molar-refractivity contribution in [2.75, 3.05) is 13.1 Å². The Bertz CT molecular complexity index is 867. The molecule has 25 heavy (non-hydrogen) atoms. The maximum Gasteiger partial charge on any atom is 0.252 e. The largest absolute Gasteiger partial charge is 0.343 e. The van der Waals surface area contributed by atoms with Crippen LogP contribution in [0.4, 0.5) is 0 Å². The molecule has 0 aliphatic carbocycles. The number of fused-ring (bicyclic) bond motifs is 1. The van der Waals surface area contributed by atoms with Crippen LogP contribution < -0.4 is 5.32 Å². The third-order valence-electron chi connectivity index (χ3n) is 4.17. The van der Waals surface area contributed by atoms with Crippen LogP contribution in [0, 0.1) is 11.3 Å². The second-order valence-electron chi connectivity index (χ2n) is 5.67. The van der Waals surface area contributed by atoms with E-state index in [-0.39, 0.29) is 24.4 Å². The first kappa shape index (κ1) is 17.7. The number of benzene rings is 1. The number of nitriles is 1. The first-order chi connectivity index (χ1) is 12.1. The summed E-state index contributed by atoms with van der Waals surface area (Å²) in [6.45, 7) is 0.449. The van der Waals surface area contributed by atoms with Gasteiger partial charge >= 0.3 is 0 Å². The number of halogens is 1. The summed E-state index contributed by atoms with van der Waals surface area (Å²) < 4.78 is 0. The molecule has 1 N–H and O–H groups in total. The summed E-state index contributed by atoms with van der Waals surface area (Å²) >= 11 is 3.32. The van der Waals surface area contributed by atoms with Crippen molar-refractivity contribution in [3.05, 3.63) is 36.0 Å². The molecule has 1 unspecified atom stereocenters. The van der Waals surface area contributed by atoms with Crippen molar-refractivity contribution in [1.29, 1.82) is 5.26 Å². The quantitative estimate of drug-likeness (QED) is 0.824. The number of rotatable bonds is 4. The van der Waals surface area contributed by atoms with Crippen LogP contribution in [0.5, 0.6) is 0 Å². The molecule has 2 heterocycles. The molecule has 0 saturated carbocycles. The van der Waals surface area contributed by atoms with Gasteiger partial charge in [-0.1, -0.05) is 0 Å². The molecule has 0 radical (unpaired) electrons. The molecule has 0 spiro atoms. The van der Waals surface area contributed by atoms with E-state index in [2.05, 4.69) is 31.2 Å². The van der Waals surface area contributed by atoms with E-state index in [0.717, 1.165) is 16.7 Å². The average Bonchev–Trinajstić information content (AvgIpc) is 3.13. The highest BCUT2D eigenvalue weighted by molar-refractivity contribution is 9.50. The SMILES string of the molecule is N#CC1CCCN1C(=O)CNC(=O)c1ccnc2ccc(SBr)cc12. The molecule has 1 aliphatic rings. The van der Waals surface area contributed by atoms with Crippen molar-refractivity contribution in [3.63, 3.8) is 0 Å². The molecule has 3 rings (SSSR count). The fourth-order valence-corrected chi connectivity index (χ4v) is 3.81. The molecule has 6 nitrogen and oxygen atoms in total. The third-order valence-corrected chi connectivity index (χ3v) is 5.72. The van der Waals surface area contributed by atoms with Gasteiger partial charge in [0.1, 0.15) is 6.04 Å². The highest BCUT2D eigenvalue weighted by Gasteiger charge is 2.28. The molecular weight excluding hydrogens is 404 g/mol. The minimum Gasteiger partial charge on any atom is -0.343 e. The Hall–Kier alpha value is -2.11. The maximum atomic E-state index is 12.5. The summed E-state index contributed by atoms with van der Waals surface area (Å²) in [5, 5.41) is 12.5. The van der Waals surface area contributed by atoms with E-state index in [1.54, 1.807) is 12.3 Å². The lowest BCUT2D eigenvalue weighted by Crippen LogP contribution is -2.42. The topological polar surface area (TPSA) is 86.1 Å². The van der Waals surface area contributed by atoms with Gasteiger partial charge in [-0.15, -0.1) is 0 Å². The molecule has 0 bridgehead atoms. The Kier molecular flexibility index (Phi) is 5.56. The van der Waals surface area contributed by atoms with Gasteiger partial charge < -0.3 is 10.2 Å². The number of carbonyl (C=O) groups excluding carboxylic acids is 2. The Balaban J connectivity index is 1.74. The lowest BCUT2D eigenvalue weighted by Gasteiger charge is -2.19. The fraction of sp³-hybridized carbons (Fsp3) is 0.294. The lowest BCUT2D eigenvalue weighted by molar-refractivity contribution is -0.130. The molecule has 1 fully saturated rings. The van der Waals surface area contributed by atoms with Crippen LogP contribution >= 0.6 is 25.0 Å². The van der Waals surface area contributed by atoms with Crippen molar-refractivity contribution in [1.82, 2.24) is 15.2 Å². The number of likely N-dealkylation sites (tertiary alicyclic amines) is 1. The van der Waals surface area contributed by atoms with Crippen LogP contribution in [0.1, 0.15) is 23.2 Å². The number of carbonyl (C=O) groups is 2. The first-order valence-electron chi connectivity index (χ1n) is 7.78. The van der Waals surface area contributed by atoms with Crippen LogP contribution in [0.3, 0.4) is 0 Å². The van der Waals surface area contributed by atoms with Crippen LogP contribution in [0.15, 0.2) is 35.4 Å². The van der Waals surface area contributed by atoms with Crippen LogP contribution in [-0.4, -0.2) is 40.8 Å². The molecule has 1 atom stereocenters. The van der Waals surface area contributed by atoms with Gasteiger partial charge in [0.05, 0.1) is 23.7 Å². The zero-order valence-corrected chi connectivity index (χ0v) is 15.6. The minimum atomic E-state index is -0.385. The van der Waals surface area contributed by atoms with Gasteiger partial charge in [-0.2, -0.15) is 5.26 Å². The zero-order chi connectivity index (χ0) is 17.8. The summed E-state index contributed by atoms with van der Waals surface area (Å²) in [4.78, 5) is 31.5. The molecule has 1 aromatic carbocycles. The van der Waals surface area contributed by atoms with Gasteiger partial charge in [-0.05, 0) is 62.1 Å². The number of pyridine rings is 1. The number of amides is 2. The predicted molar refractivity (Wildman–Crippen MR) is 99.2 cm³/mol. The second kappa shape index (κ2) is 7.85. The Morgan fingerprint density at radius 3 is 3.04 bits per heavy atom. The Labute approximate surface area is 156 Å². The molecule has 1 aliphatic heterocycles. The average molecular weight is 419 g/mol. The minimum absolute atomic E-state index is 0.117. The van der Waals surface area contributed by atoms with Gasteiger partial charge in [0.15, 0.2) is 0 Å². The van der Waals surface area contributed by atoms with Crippen LogP contribution in [0.2, 0.25) is 0 Å². The summed E-state index contributed by atoms with van der Waals surface area (Å²) in [7, 11) is 1.40. The van der Waals surface area contributed by atoms with E-state index in [1.807, 2.05) is 18.2 Å². The number of hydrogen-bond donors (Lipinski definition) is 1. The normalized spacial score (nSPS) is 16.6. The maximum absolute atomic E-state index is 12.5. The first-order valence-corrected chi connectivity index (χ1v) is 10.4. The van der Waals surface area contributed by atoms with E-state index >= 15 is 0 Å². The van der Waals surface area contributed by atoms with E-state index in [4.69, 9.17) is 5.26 Å². The van der Waals surface area contributed by atoms with E-state index in [0.29, 0.717) is 24.0 Å². The van der Waals surface area contributed by atoms with E-state index in [9.17, 15) is 9.59 Å². The van der Waals surface area contributed by atoms with Gasteiger partial charge in [-0.25, -0.2) is 0 Å². The molecule has 2 amide bonds. The molecule has 128 valence electrons. The monoisotopic (exact) mass is 418 g/mol. The van der Waals surface area contributed by atoms with Gasteiger partial charge in [0.25, 0.3) is 5.91 Å².